The number of hydrogen-bond acceptors (Lipinski definition) is 9. The number of carbonyl (C=O) groups is 2. The van der Waals surface area contributed by atoms with Crippen LogP contribution < -0.4 is 5.32 Å². The molecule has 156 valence electrons. The monoisotopic (exact) mass is 429 g/mol. The van der Waals surface area contributed by atoms with E-state index < -0.39 is 12.0 Å². The molecule has 0 saturated carbocycles. The predicted octanol–water partition coefficient (Wildman–Crippen LogP) is 3.94. The number of benzene rings is 1. The van der Waals surface area contributed by atoms with Gasteiger partial charge in [0.25, 0.3) is 0 Å². The van der Waals surface area contributed by atoms with E-state index in [4.69, 9.17) is 4.74 Å². The van der Waals surface area contributed by atoms with Crippen LogP contribution in [0.5, 0.6) is 5.88 Å². The molecule has 11 heteroatoms. The molecule has 2 heterocycles. The number of H-pyrrole nitrogens is 1. The standard InChI is InChI=1S/C19H19N5O5S/c1-2-29-14(25)10-12-8-9-13(30-12)15(19(27)28)20-17-16(18(26)24-23-17)22-21-11-6-4-3-5-7-11/h3-9,15H,2,10H2,1H3,(H,27,28)(H3,20,23,24,26)/b22-21+. The van der Waals surface area contributed by atoms with Crippen molar-refractivity contribution in [1.82, 2.24) is 10.2 Å². The molecule has 0 radical (unpaired) electrons. The van der Waals surface area contributed by atoms with Crippen molar-refractivity contribution in [2.24, 2.45) is 10.2 Å². The number of azo groups is 1. The summed E-state index contributed by atoms with van der Waals surface area (Å²) in [5.41, 5.74) is 0.536. The quantitative estimate of drug-likeness (QED) is 0.297. The number of nitrogens with one attached hydrogen (secondary N) is 2. The fraction of sp³-hybridized carbons (Fsp3) is 0.211. The highest BCUT2D eigenvalue weighted by molar-refractivity contribution is 7.12. The fourth-order valence-electron chi connectivity index (χ4n) is 2.51. The molecule has 0 aliphatic heterocycles. The Morgan fingerprint density at radius 3 is 2.70 bits per heavy atom. The Hall–Kier alpha value is -3.73. The van der Waals surface area contributed by atoms with Crippen molar-refractivity contribution in [3.8, 4) is 5.88 Å². The number of ether oxygens (including phenoxy) is 1. The Morgan fingerprint density at radius 1 is 1.23 bits per heavy atom. The van der Waals surface area contributed by atoms with Gasteiger partial charge in [-0.05, 0) is 31.2 Å². The molecule has 0 fully saturated rings. The first-order chi connectivity index (χ1) is 14.5. The van der Waals surface area contributed by atoms with Gasteiger partial charge in [0.05, 0.1) is 18.7 Å². The molecule has 0 amide bonds. The van der Waals surface area contributed by atoms with Crippen molar-refractivity contribution in [3.63, 3.8) is 0 Å². The number of hydrogen-bond donors (Lipinski definition) is 4. The number of esters is 1. The van der Waals surface area contributed by atoms with E-state index in [9.17, 15) is 19.8 Å². The zero-order valence-corrected chi connectivity index (χ0v) is 16.7. The summed E-state index contributed by atoms with van der Waals surface area (Å²) in [5.74, 6) is -1.87. The number of aromatic nitrogens is 2. The average molecular weight is 429 g/mol. The molecule has 30 heavy (non-hydrogen) atoms. The van der Waals surface area contributed by atoms with E-state index in [0.29, 0.717) is 15.4 Å². The number of carboxylic acids is 1. The summed E-state index contributed by atoms with van der Waals surface area (Å²) in [5, 5.41) is 36.6. The van der Waals surface area contributed by atoms with Gasteiger partial charge in [0.15, 0.2) is 17.5 Å². The van der Waals surface area contributed by atoms with Crippen LogP contribution in [0.4, 0.5) is 17.2 Å². The lowest BCUT2D eigenvalue weighted by molar-refractivity contribution is -0.142. The van der Waals surface area contributed by atoms with Crippen LogP contribution in [-0.4, -0.2) is 39.0 Å². The van der Waals surface area contributed by atoms with E-state index in [2.05, 4.69) is 25.7 Å². The Morgan fingerprint density at radius 2 is 2.00 bits per heavy atom. The molecule has 4 N–H and O–H groups in total. The van der Waals surface area contributed by atoms with Gasteiger partial charge in [0.2, 0.25) is 5.88 Å². The Labute approximate surface area is 175 Å². The van der Waals surface area contributed by atoms with Gasteiger partial charge >= 0.3 is 11.9 Å². The van der Waals surface area contributed by atoms with Crippen LogP contribution >= 0.6 is 11.3 Å². The number of anilines is 1. The molecule has 2 aromatic heterocycles. The third-order valence-corrected chi connectivity index (χ3v) is 5.01. The van der Waals surface area contributed by atoms with E-state index in [-0.39, 0.29) is 36.4 Å². The van der Waals surface area contributed by atoms with Crippen molar-refractivity contribution in [1.29, 1.82) is 0 Å². The van der Waals surface area contributed by atoms with Crippen LogP contribution in [0.2, 0.25) is 0 Å². The molecule has 1 unspecified atom stereocenters. The summed E-state index contributed by atoms with van der Waals surface area (Å²) in [6, 6.07) is 11.0. The molecule has 3 aromatic rings. The van der Waals surface area contributed by atoms with Crippen LogP contribution in [0.25, 0.3) is 0 Å². The summed E-state index contributed by atoms with van der Waals surface area (Å²) >= 11 is 1.17. The third-order valence-electron chi connectivity index (χ3n) is 3.86. The second kappa shape index (κ2) is 9.65. The first kappa shape index (κ1) is 21.0. The molecule has 1 atom stereocenters. The SMILES string of the molecule is CCOC(=O)Cc1ccc(C(Nc2n[nH]c(O)c2/N=N/c2ccccc2)C(=O)O)s1. The third kappa shape index (κ3) is 5.20. The number of aromatic hydroxyl groups is 1. The van der Waals surface area contributed by atoms with Crippen LogP contribution in [0.3, 0.4) is 0 Å². The predicted molar refractivity (Wildman–Crippen MR) is 110 cm³/mol. The average Bonchev–Trinajstić information content (AvgIpc) is 3.31. The highest BCUT2D eigenvalue weighted by Gasteiger charge is 2.25. The maximum Gasteiger partial charge on any atom is 0.331 e. The highest BCUT2D eigenvalue weighted by Crippen LogP contribution is 2.36. The second-order valence-corrected chi connectivity index (χ2v) is 7.21. The van der Waals surface area contributed by atoms with Gasteiger partial charge in [-0.3, -0.25) is 4.79 Å². The maximum absolute atomic E-state index is 11.8. The summed E-state index contributed by atoms with van der Waals surface area (Å²) < 4.78 is 4.91. The molecule has 0 aliphatic rings. The van der Waals surface area contributed by atoms with E-state index in [1.807, 2.05) is 6.07 Å². The lowest BCUT2D eigenvalue weighted by Gasteiger charge is -2.12. The zero-order valence-electron chi connectivity index (χ0n) is 15.9. The largest absolute Gasteiger partial charge is 0.492 e. The van der Waals surface area contributed by atoms with Crippen LogP contribution in [0, 0.1) is 0 Å². The molecule has 0 bridgehead atoms. The molecule has 0 aliphatic carbocycles. The number of thiophene rings is 1. The molecule has 0 spiro atoms. The first-order valence-electron chi connectivity index (χ1n) is 8.95. The van der Waals surface area contributed by atoms with Crippen molar-refractivity contribution < 1.29 is 24.5 Å². The van der Waals surface area contributed by atoms with Gasteiger partial charge in [0.1, 0.15) is 0 Å². The summed E-state index contributed by atoms with van der Waals surface area (Å²) in [6.07, 6.45) is 0.0601. The molecule has 10 nitrogen and oxygen atoms in total. The number of carboxylic acid groups (broad SMARTS) is 1. The summed E-state index contributed by atoms with van der Waals surface area (Å²) in [6.45, 7) is 1.99. The van der Waals surface area contributed by atoms with Crippen LogP contribution in [-0.2, 0) is 20.7 Å². The fourth-order valence-corrected chi connectivity index (χ4v) is 3.56. The molecule has 0 saturated heterocycles. The van der Waals surface area contributed by atoms with Gasteiger partial charge in [-0.15, -0.1) is 16.5 Å². The number of aliphatic carboxylic acids is 1. The summed E-state index contributed by atoms with van der Waals surface area (Å²) in [7, 11) is 0. The number of nitrogens with zero attached hydrogens (tertiary/aromatic N) is 3. The first-order valence-corrected chi connectivity index (χ1v) is 9.77. The molecule has 3 rings (SSSR count). The minimum atomic E-state index is -1.17. The van der Waals surface area contributed by atoms with E-state index in [0.717, 1.165) is 0 Å². The van der Waals surface area contributed by atoms with Gasteiger partial charge < -0.3 is 20.3 Å². The molecular weight excluding hydrogens is 410 g/mol. The normalized spacial score (nSPS) is 12.0. The summed E-state index contributed by atoms with van der Waals surface area (Å²) in [4.78, 5) is 24.6. The minimum absolute atomic E-state index is 0.0200. The Balaban J connectivity index is 1.80. The Kier molecular flexibility index (Phi) is 6.75. The molecular formula is C19H19N5O5S. The smallest absolute Gasteiger partial charge is 0.331 e. The highest BCUT2D eigenvalue weighted by atomic mass is 32.1. The number of rotatable bonds is 9. The Bertz CT molecular complexity index is 1050. The van der Waals surface area contributed by atoms with Gasteiger partial charge in [0, 0.05) is 9.75 Å². The zero-order chi connectivity index (χ0) is 21.5. The van der Waals surface area contributed by atoms with Crippen molar-refractivity contribution in [2.45, 2.75) is 19.4 Å². The van der Waals surface area contributed by atoms with Crippen LogP contribution in [0.15, 0.2) is 52.7 Å². The topological polar surface area (TPSA) is 149 Å². The number of carbonyl (C=O) groups excluding carboxylic acids is 1. The second-order valence-electron chi connectivity index (χ2n) is 6.01. The van der Waals surface area contributed by atoms with Crippen LogP contribution in [0.1, 0.15) is 22.7 Å². The lowest BCUT2D eigenvalue weighted by atomic mass is 10.2. The van der Waals surface area contributed by atoms with E-state index in [1.54, 1.807) is 43.3 Å². The number of aromatic amines is 1. The van der Waals surface area contributed by atoms with Gasteiger partial charge in [-0.25, -0.2) is 9.89 Å². The molecule has 1 aromatic carbocycles. The maximum atomic E-state index is 11.8. The van der Waals surface area contributed by atoms with E-state index in [1.165, 1.54) is 11.3 Å². The van der Waals surface area contributed by atoms with Crippen molar-refractivity contribution >= 4 is 40.5 Å². The van der Waals surface area contributed by atoms with Crippen molar-refractivity contribution in [2.75, 3.05) is 11.9 Å². The van der Waals surface area contributed by atoms with Crippen molar-refractivity contribution in [3.05, 3.63) is 52.2 Å². The van der Waals surface area contributed by atoms with E-state index >= 15 is 0 Å². The van der Waals surface area contributed by atoms with Gasteiger partial charge in [-0.1, -0.05) is 18.2 Å². The van der Waals surface area contributed by atoms with Gasteiger partial charge in [-0.2, -0.15) is 10.2 Å². The minimum Gasteiger partial charge on any atom is -0.492 e. The lowest BCUT2D eigenvalue weighted by Crippen LogP contribution is -2.19.